The lowest BCUT2D eigenvalue weighted by atomic mass is 10.1. The quantitative estimate of drug-likeness (QED) is 0.503. The topological polar surface area (TPSA) is 109 Å². The third-order valence-corrected chi connectivity index (χ3v) is 3.78. The van der Waals surface area contributed by atoms with Gasteiger partial charge in [0, 0.05) is 10.6 Å². The highest BCUT2D eigenvalue weighted by molar-refractivity contribution is 7.85. The van der Waals surface area contributed by atoms with Crippen LogP contribution in [0.1, 0.15) is 21.7 Å². The zero-order chi connectivity index (χ0) is 16.3. The molecule has 2 rings (SSSR count). The number of nitrogens with zero attached hydrogens (tertiary/aromatic N) is 1. The maximum absolute atomic E-state index is 11.8. The summed E-state index contributed by atoms with van der Waals surface area (Å²) in [6.07, 6.45) is 1.10. The summed E-state index contributed by atoms with van der Waals surface area (Å²) in [7, 11) is -4.41. The third-order valence-electron chi connectivity index (χ3n) is 2.65. The number of halogens is 1. The zero-order valence-electron chi connectivity index (χ0n) is 11.3. The van der Waals surface area contributed by atoms with Gasteiger partial charge in [-0.25, -0.2) is 5.43 Å². The molecule has 0 aliphatic carbocycles. The standard InChI is InChI=1S/C13H11ClN2O5S/c1-8-2-3-9(6-11(8)14)13(17)16-15-7-10-4-5-12(21-10)22(18,19)20/h2-7H,1H3,(H,16,17)(H,18,19,20)/b15-7-. The number of rotatable bonds is 4. The minimum absolute atomic E-state index is 0.0508. The number of aryl methyl sites for hydroxylation is 1. The van der Waals surface area contributed by atoms with Gasteiger partial charge in [0.25, 0.3) is 5.91 Å². The summed E-state index contributed by atoms with van der Waals surface area (Å²) in [4.78, 5) is 11.8. The van der Waals surface area contributed by atoms with E-state index in [1.165, 1.54) is 12.1 Å². The molecule has 0 radical (unpaired) electrons. The average molecular weight is 343 g/mol. The fraction of sp³-hybridized carbons (Fsp3) is 0.0769. The van der Waals surface area contributed by atoms with Gasteiger partial charge in [0.15, 0.2) is 0 Å². The number of carbonyl (C=O) groups excluding carboxylic acids is 1. The van der Waals surface area contributed by atoms with Crippen LogP contribution in [0.2, 0.25) is 5.02 Å². The highest BCUT2D eigenvalue weighted by atomic mass is 35.5. The first kappa shape index (κ1) is 16.2. The maximum atomic E-state index is 11.8. The first-order valence-electron chi connectivity index (χ1n) is 5.94. The highest BCUT2D eigenvalue weighted by Gasteiger charge is 2.14. The van der Waals surface area contributed by atoms with Crippen molar-refractivity contribution in [2.75, 3.05) is 0 Å². The molecule has 0 unspecified atom stereocenters. The van der Waals surface area contributed by atoms with Crippen molar-refractivity contribution in [1.29, 1.82) is 0 Å². The molecular formula is C13H11ClN2O5S. The van der Waals surface area contributed by atoms with Crippen molar-refractivity contribution in [3.8, 4) is 0 Å². The minimum Gasteiger partial charge on any atom is -0.441 e. The monoisotopic (exact) mass is 342 g/mol. The smallest absolute Gasteiger partial charge is 0.328 e. The molecule has 1 aromatic heterocycles. The summed E-state index contributed by atoms with van der Waals surface area (Å²) in [5.41, 5.74) is 3.41. The largest absolute Gasteiger partial charge is 0.441 e. The number of carbonyl (C=O) groups is 1. The Bertz CT molecular complexity index is 842. The predicted molar refractivity (Wildman–Crippen MR) is 79.8 cm³/mol. The molecule has 0 bridgehead atoms. The predicted octanol–water partition coefficient (Wildman–Crippen LogP) is 2.25. The molecule has 22 heavy (non-hydrogen) atoms. The fourth-order valence-electron chi connectivity index (χ4n) is 1.50. The number of benzene rings is 1. The van der Waals surface area contributed by atoms with E-state index >= 15 is 0 Å². The molecule has 116 valence electrons. The van der Waals surface area contributed by atoms with E-state index in [0.717, 1.165) is 17.8 Å². The van der Waals surface area contributed by atoms with Gasteiger partial charge < -0.3 is 4.42 Å². The van der Waals surface area contributed by atoms with E-state index in [4.69, 9.17) is 20.6 Å². The van der Waals surface area contributed by atoms with Crippen molar-refractivity contribution >= 4 is 33.8 Å². The van der Waals surface area contributed by atoms with E-state index in [1.807, 2.05) is 6.92 Å². The minimum atomic E-state index is -4.41. The normalized spacial score (nSPS) is 11.8. The first-order chi connectivity index (χ1) is 10.3. The number of hydrogen-bond donors (Lipinski definition) is 2. The maximum Gasteiger partial charge on any atom is 0.328 e. The van der Waals surface area contributed by atoms with Crippen molar-refractivity contribution in [3.05, 3.63) is 52.2 Å². The Morgan fingerprint density at radius 3 is 2.68 bits per heavy atom. The molecule has 0 aliphatic heterocycles. The van der Waals surface area contributed by atoms with Crippen molar-refractivity contribution < 1.29 is 22.2 Å². The molecule has 1 amide bonds. The SMILES string of the molecule is Cc1ccc(C(=O)N/N=C\c2ccc(S(=O)(=O)O)o2)cc1Cl. The molecule has 2 aromatic rings. The van der Waals surface area contributed by atoms with Gasteiger partial charge in [0.05, 0.1) is 6.21 Å². The molecule has 0 spiro atoms. The summed E-state index contributed by atoms with van der Waals surface area (Å²) in [6.45, 7) is 1.81. The zero-order valence-corrected chi connectivity index (χ0v) is 12.9. The lowest BCUT2D eigenvalue weighted by molar-refractivity contribution is 0.0955. The van der Waals surface area contributed by atoms with Crippen molar-refractivity contribution in [2.45, 2.75) is 12.0 Å². The second kappa shape index (κ2) is 6.30. The fourth-order valence-corrected chi connectivity index (χ4v) is 2.12. The van der Waals surface area contributed by atoms with Crippen LogP contribution in [0.15, 0.2) is 44.9 Å². The molecule has 1 aromatic carbocycles. The van der Waals surface area contributed by atoms with Crippen molar-refractivity contribution in [3.63, 3.8) is 0 Å². The van der Waals surface area contributed by atoms with Gasteiger partial charge in [-0.2, -0.15) is 13.5 Å². The van der Waals surface area contributed by atoms with E-state index in [1.54, 1.807) is 12.1 Å². The van der Waals surface area contributed by atoms with Crippen LogP contribution in [0, 0.1) is 6.92 Å². The van der Waals surface area contributed by atoms with Crippen LogP contribution < -0.4 is 5.43 Å². The highest BCUT2D eigenvalue weighted by Crippen LogP contribution is 2.16. The Morgan fingerprint density at radius 2 is 2.09 bits per heavy atom. The molecule has 0 atom stereocenters. The summed E-state index contributed by atoms with van der Waals surface area (Å²) in [5, 5.41) is 3.48. The lowest BCUT2D eigenvalue weighted by Gasteiger charge is -2.02. The summed E-state index contributed by atoms with van der Waals surface area (Å²) >= 11 is 5.92. The van der Waals surface area contributed by atoms with Crippen LogP contribution >= 0.6 is 11.6 Å². The van der Waals surface area contributed by atoms with Crippen LogP contribution in [0.3, 0.4) is 0 Å². The van der Waals surface area contributed by atoms with Crippen LogP contribution in [0.5, 0.6) is 0 Å². The van der Waals surface area contributed by atoms with Crippen LogP contribution in [0.4, 0.5) is 0 Å². The van der Waals surface area contributed by atoms with E-state index in [0.29, 0.717) is 10.6 Å². The van der Waals surface area contributed by atoms with Crippen LogP contribution in [-0.4, -0.2) is 25.1 Å². The van der Waals surface area contributed by atoms with Crippen LogP contribution in [-0.2, 0) is 10.1 Å². The Balaban J connectivity index is 2.04. The lowest BCUT2D eigenvalue weighted by Crippen LogP contribution is -2.17. The summed E-state index contributed by atoms with van der Waals surface area (Å²) in [6, 6.07) is 7.14. The van der Waals surface area contributed by atoms with E-state index in [-0.39, 0.29) is 5.76 Å². The van der Waals surface area contributed by atoms with E-state index in [9.17, 15) is 13.2 Å². The number of hydrogen-bond acceptors (Lipinski definition) is 5. The van der Waals surface area contributed by atoms with Gasteiger partial charge >= 0.3 is 10.1 Å². The summed E-state index contributed by atoms with van der Waals surface area (Å²) in [5.74, 6) is -0.436. The average Bonchev–Trinajstić information content (AvgIpc) is 2.90. The Hall–Kier alpha value is -2.16. The van der Waals surface area contributed by atoms with Crippen molar-refractivity contribution in [2.24, 2.45) is 5.10 Å². The number of hydrazone groups is 1. The molecule has 0 saturated carbocycles. The van der Waals surface area contributed by atoms with Gasteiger partial charge in [0.1, 0.15) is 5.76 Å². The molecule has 9 heteroatoms. The van der Waals surface area contributed by atoms with Crippen LogP contribution in [0.25, 0.3) is 0 Å². The van der Waals surface area contributed by atoms with Gasteiger partial charge in [-0.05, 0) is 36.8 Å². The molecular weight excluding hydrogens is 332 g/mol. The van der Waals surface area contributed by atoms with E-state index < -0.39 is 21.1 Å². The Kier molecular flexibility index (Phi) is 4.65. The Morgan fingerprint density at radius 1 is 1.36 bits per heavy atom. The van der Waals surface area contributed by atoms with Crippen molar-refractivity contribution in [1.82, 2.24) is 5.43 Å². The van der Waals surface area contributed by atoms with Gasteiger partial charge in [-0.15, -0.1) is 0 Å². The van der Waals surface area contributed by atoms with E-state index in [2.05, 4.69) is 10.5 Å². The molecule has 2 N–H and O–H groups in total. The molecule has 0 aliphatic rings. The number of amides is 1. The second-order valence-electron chi connectivity index (χ2n) is 4.29. The molecule has 7 nitrogen and oxygen atoms in total. The second-order valence-corrected chi connectivity index (χ2v) is 6.05. The number of nitrogens with one attached hydrogen (secondary N) is 1. The first-order valence-corrected chi connectivity index (χ1v) is 7.76. The van der Waals surface area contributed by atoms with Gasteiger partial charge in [0.2, 0.25) is 5.09 Å². The Labute approximate surface area is 131 Å². The third kappa shape index (κ3) is 3.94. The van der Waals surface area contributed by atoms with Gasteiger partial charge in [-0.3, -0.25) is 9.35 Å². The number of furan rings is 1. The molecule has 0 fully saturated rings. The summed E-state index contributed by atoms with van der Waals surface area (Å²) < 4.78 is 35.2. The molecule has 0 saturated heterocycles. The molecule has 1 heterocycles. The van der Waals surface area contributed by atoms with Gasteiger partial charge in [-0.1, -0.05) is 17.7 Å².